The van der Waals surface area contributed by atoms with Crippen LogP contribution >= 0.6 is 15.9 Å². The summed E-state index contributed by atoms with van der Waals surface area (Å²) < 4.78 is 2.86. The van der Waals surface area contributed by atoms with Crippen molar-refractivity contribution >= 4 is 32.9 Å². The Morgan fingerprint density at radius 1 is 1.30 bits per heavy atom. The Morgan fingerprint density at radius 3 is 2.80 bits per heavy atom. The molecule has 0 saturated carbocycles. The van der Waals surface area contributed by atoms with Crippen molar-refractivity contribution in [2.24, 2.45) is 0 Å². The zero-order chi connectivity index (χ0) is 14.3. The highest BCUT2D eigenvalue weighted by atomic mass is 79.9. The molecule has 0 radical (unpaired) electrons. The molecule has 0 amide bonds. The van der Waals surface area contributed by atoms with Crippen LogP contribution in [0.15, 0.2) is 47.2 Å². The Morgan fingerprint density at radius 2 is 2.10 bits per heavy atom. The average molecular weight is 331 g/mol. The number of carboxylic acid groups (broad SMARTS) is 1. The normalized spacial score (nSPS) is 10.9. The lowest BCUT2D eigenvalue weighted by Gasteiger charge is -2.07. The highest BCUT2D eigenvalue weighted by Gasteiger charge is 2.13. The smallest absolute Gasteiger partial charge is 0.337 e. The fraction of sp³-hybridized carbons (Fsp3) is 0.0667. The van der Waals surface area contributed by atoms with Gasteiger partial charge in [-0.2, -0.15) is 0 Å². The molecule has 1 aromatic heterocycles. The second-order valence-corrected chi connectivity index (χ2v) is 5.50. The molecule has 4 nitrogen and oxygen atoms in total. The molecule has 0 unspecified atom stereocenters. The van der Waals surface area contributed by atoms with Gasteiger partial charge in [0.05, 0.1) is 11.1 Å². The molecule has 5 heteroatoms. The molecule has 1 heterocycles. The first-order valence-electron chi connectivity index (χ1n) is 6.03. The molecule has 100 valence electrons. The van der Waals surface area contributed by atoms with E-state index in [0.29, 0.717) is 5.52 Å². The topological polar surface area (TPSA) is 55.1 Å². The van der Waals surface area contributed by atoms with Crippen LogP contribution in [0.5, 0.6) is 0 Å². The number of benzene rings is 2. The predicted octanol–water partition coefficient (Wildman–Crippen LogP) is 3.79. The highest BCUT2D eigenvalue weighted by Crippen LogP contribution is 2.24. The number of fused-ring (bicyclic) bond motifs is 1. The van der Waals surface area contributed by atoms with Gasteiger partial charge < -0.3 is 5.11 Å². The summed E-state index contributed by atoms with van der Waals surface area (Å²) >= 11 is 3.47. The Balaban J connectivity index is 2.28. The molecule has 0 saturated heterocycles. The van der Waals surface area contributed by atoms with Gasteiger partial charge in [-0.15, -0.1) is 0 Å². The number of aromatic carboxylic acids is 1. The van der Waals surface area contributed by atoms with Crippen molar-refractivity contribution < 1.29 is 9.90 Å². The molecule has 0 aliphatic heterocycles. The number of nitrogens with zero attached hydrogens (tertiary/aromatic N) is 2. The average Bonchev–Trinajstić information content (AvgIpc) is 2.80. The maximum atomic E-state index is 11.2. The van der Waals surface area contributed by atoms with E-state index in [1.54, 1.807) is 18.5 Å². The number of rotatable bonds is 2. The summed E-state index contributed by atoms with van der Waals surface area (Å²) in [5.41, 5.74) is 3.56. The van der Waals surface area contributed by atoms with Crippen LogP contribution in [0.2, 0.25) is 0 Å². The minimum atomic E-state index is -0.966. The second kappa shape index (κ2) is 4.76. The van der Waals surface area contributed by atoms with Crippen LogP contribution in [0.3, 0.4) is 0 Å². The van der Waals surface area contributed by atoms with Crippen LogP contribution in [0, 0.1) is 6.92 Å². The molecule has 2 aromatic carbocycles. The van der Waals surface area contributed by atoms with Crippen LogP contribution in [0.25, 0.3) is 16.7 Å². The van der Waals surface area contributed by atoms with Crippen molar-refractivity contribution in [1.82, 2.24) is 9.55 Å². The highest BCUT2D eigenvalue weighted by molar-refractivity contribution is 9.10. The third-order valence-corrected chi connectivity index (χ3v) is 3.57. The number of para-hydroxylation sites is 1. The predicted molar refractivity (Wildman–Crippen MR) is 80.5 cm³/mol. The van der Waals surface area contributed by atoms with Crippen LogP contribution < -0.4 is 0 Å². The van der Waals surface area contributed by atoms with Gasteiger partial charge in [-0.25, -0.2) is 9.78 Å². The molecular weight excluding hydrogens is 320 g/mol. The number of hydrogen-bond acceptors (Lipinski definition) is 2. The van der Waals surface area contributed by atoms with Gasteiger partial charge >= 0.3 is 5.97 Å². The van der Waals surface area contributed by atoms with E-state index in [2.05, 4.69) is 20.9 Å². The summed E-state index contributed by atoms with van der Waals surface area (Å²) in [6.07, 6.45) is 1.65. The Bertz CT molecular complexity index is 804. The van der Waals surface area contributed by atoms with Crippen molar-refractivity contribution in [3.8, 4) is 5.69 Å². The number of halogens is 1. The van der Waals surface area contributed by atoms with Gasteiger partial charge in [-0.1, -0.05) is 22.0 Å². The zero-order valence-corrected chi connectivity index (χ0v) is 12.3. The molecule has 20 heavy (non-hydrogen) atoms. The van der Waals surface area contributed by atoms with E-state index in [0.717, 1.165) is 21.2 Å². The number of carbonyl (C=O) groups is 1. The van der Waals surface area contributed by atoms with E-state index in [1.165, 1.54) is 0 Å². The first-order valence-corrected chi connectivity index (χ1v) is 6.82. The van der Waals surface area contributed by atoms with Crippen LogP contribution in [-0.4, -0.2) is 20.6 Å². The van der Waals surface area contributed by atoms with Crippen molar-refractivity contribution in [1.29, 1.82) is 0 Å². The van der Waals surface area contributed by atoms with Gasteiger partial charge in [0.1, 0.15) is 11.8 Å². The van der Waals surface area contributed by atoms with Crippen molar-refractivity contribution in [2.75, 3.05) is 0 Å². The van der Waals surface area contributed by atoms with Gasteiger partial charge in [0, 0.05) is 10.2 Å². The summed E-state index contributed by atoms with van der Waals surface area (Å²) in [6, 6.07) is 11.2. The Kier molecular flexibility index (Phi) is 3.06. The molecule has 3 aromatic rings. The molecule has 3 rings (SSSR count). The summed E-state index contributed by atoms with van der Waals surface area (Å²) in [4.78, 5) is 15.5. The first kappa shape index (κ1) is 12.9. The van der Waals surface area contributed by atoms with E-state index in [-0.39, 0.29) is 5.56 Å². The maximum Gasteiger partial charge on any atom is 0.337 e. The van der Waals surface area contributed by atoms with E-state index in [4.69, 9.17) is 0 Å². The molecule has 0 aliphatic carbocycles. The van der Waals surface area contributed by atoms with E-state index in [9.17, 15) is 9.90 Å². The minimum absolute atomic E-state index is 0.216. The standard InChI is InChI=1S/C15H11BrN2O2/c1-9-5-10(16)7-11(6-9)18-8-17-14-12(15(19)20)3-2-4-13(14)18/h2-8H,1H3,(H,19,20). The first-order chi connectivity index (χ1) is 9.56. The summed E-state index contributed by atoms with van der Waals surface area (Å²) in [7, 11) is 0. The lowest BCUT2D eigenvalue weighted by Crippen LogP contribution is -1.98. The third kappa shape index (κ3) is 2.10. The van der Waals surface area contributed by atoms with Crippen molar-refractivity contribution in [2.45, 2.75) is 6.92 Å². The van der Waals surface area contributed by atoms with Gasteiger partial charge in [0.25, 0.3) is 0 Å². The summed E-state index contributed by atoms with van der Waals surface area (Å²) in [6.45, 7) is 2.01. The SMILES string of the molecule is Cc1cc(Br)cc(-n2cnc3c(C(=O)O)cccc32)c1. The maximum absolute atomic E-state index is 11.2. The van der Waals surface area contributed by atoms with Gasteiger partial charge in [-0.3, -0.25) is 4.57 Å². The number of aryl methyl sites for hydroxylation is 1. The van der Waals surface area contributed by atoms with Crippen LogP contribution in [-0.2, 0) is 0 Å². The molecule has 0 bridgehead atoms. The summed E-state index contributed by atoms with van der Waals surface area (Å²) in [5, 5.41) is 9.19. The molecular formula is C15H11BrN2O2. The summed E-state index contributed by atoms with van der Waals surface area (Å²) in [5.74, 6) is -0.966. The van der Waals surface area contributed by atoms with Crippen molar-refractivity contribution in [3.63, 3.8) is 0 Å². The minimum Gasteiger partial charge on any atom is -0.478 e. The van der Waals surface area contributed by atoms with Crippen molar-refractivity contribution in [3.05, 3.63) is 58.3 Å². The van der Waals surface area contributed by atoms with E-state index in [1.807, 2.05) is 35.8 Å². The molecule has 0 atom stereocenters. The Hall–Kier alpha value is -2.14. The van der Waals surface area contributed by atoms with Gasteiger partial charge in [0.15, 0.2) is 0 Å². The number of carboxylic acids is 1. The fourth-order valence-electron chi connectivity index (χ4n) is 2.27. The lowest BCUT2D eigenvalue weighted by atomic mass is 10.1. The molecule has 0 spiro atoms. The van der Waals surface area contributed by atoms with Gasteiger partial charge in [-0.05, 0) is 42.8 Å². The van der Waals surface area contributed by atoms with Crippen LogP contribution in [0.4, 0.5) is 0 Å². The number of hydrogen-bond donors (Lipinski definition) is 1. The number of aromatic nitrogens is 2. The Labute approximate surface area is 123 Å². The molecule has 0 fully saturated rings. The largest absolute Gasteiger partial charge is 0.478 e. The second-order valence-electron chi connectivity index (χ2n) is 4.58. The number of imidazole rings is 1. The molecule has 1 N–H and O–H groups in total. The quantitative estimate of drug-likeness (QED) is 0.777. The zero-order valence-electron chi connectivity index (χ0n) is 10.7. The monoisotopic (exact) mass is 330 g/mol. The van der Waals surface area contributed by atoms with Gasteiger partial charge in [0.2, 0.25) is 0 Å². The van der Waals surface area contributed by atoms with E-state index < -0.39 is 5.97 Å². The molecule has 0 aliphatic rings. The van der Waals surface area contributed by atoms with Crippen LogP contribution in [0.1, 0.15) is 15.9 Å². The lowest BCUT2D eigenvalue weighted by molar-refractivity contribution is 0.0699. The van der Waals surface area contributed by atoms with E-state index >= 15 is 0 Å². The fourth-order valence-corrected chi connectivity index (χ4v) is 2.87. The third-order valence-electron chi connectivity index (χ3n) is 3.11.